The van der Waals surface area contributed by atoms with E-state index in [0.717, 1.165) is 32.1 Å². The highest BCUT2D eigenvalue weighted by atomic mass is 16.2. The van der Waals surface area contributed by atoms with Crippen LogP contribution in [-0.4, -0.2) is 92.2 Å². The van der Waals surface area contributed by atoms with E-state index in [1.165, 1.54) is 57.8 Å². The van der Waals surface area contributed by atoms with Gasteiger partial charge >= 0.3 is 0 Å². The molecule has 3 atom stereocenters. The van der Waals surface area contributed by atoms with Gasteiger partial charge < -0.3 is 43.8 Å². The summed E-state index contributed by atoms with van der Waals surface area (Å²) in [7, 11) is 0. The van der Waals surface area contributed by atoms with Crippen LogP contribution in [0.4, 0.5) is 0 Å². The SMILES string of the molecule is CC/C=C\CCC(=O)NCCCCN(CCCNC(=O)CCCCCCC/C=C\CCCCCCCC)C(=O)C(CCC(=O)[C@@H](N)CCN)CNC(=O)[C@@H](N)CCN. The van der Waals surface area contributed by atoms with E-state index in [1.807, 2.05) is 12.2 Å². The largest absolute Gasteiger partial charge is 0.356 e. The van der Waals surface area contributed by atoms with Crippen LogP contribution in [0.3, 0.4) is 0 Å². The summed E-state index contributed by atoms with van der Waals surface area (Å²) < 4.78 is 0. The summed E-state index contributed by atoms with van der Waals surface area (Å²) in [4.78, 5) is 66.1. The molecule has 0 saturated heterocycles. The molecule has 0 spiro atoms. The zero-order valence-electron chi connectivity index (χ0n) is 36.8. The van der Waals surface area contributed by atoms with Gasteiger partial charge in [0.2, 0.25) is 23.6 Å². The Morgan fingerprint density at radius 2 is 1.10 bits per heavy atom. The van der Waals surface area contributed by atoms with E-state index in [1.54, 1.807) is 4.90 Å². The number of unbranched alkanes of at least 4 members (excludes halogenated alkanes) is 12. The molecule has 1 unspecified atom stereocenters. The van der Waals surface area contributed by atoms with E-state index in [4.69, 9.17) is 22.9 Å². The van der Waals surface area contributed by atoms with Gasteiger partial charge in [-0.1, -0.05) is 89.5 Å². The fraction of sp³-hybridized carbons (Fsp3) is 0.800. The number of Topliss-reactive ketones (excluding diaryl/α,β-unsaturated/α-hetero) is 1. The molecular formula is C45H86N8O5. The number of hydrogen-bond acceptors (Lipinski definition) is 9. The highest BCUT2D eigenvalue weighted by molar-refractivity contribution is 5.86. The van der Waals surface area contributed by atoms with Crippen molar-refractivity contribution in [3.63, 3.8) is 0 Å². The van der Waals surface area contributed by atoms with Gasteiger partial charge in [0.05, 0.1) is 18.0 Å². The molecule has 0 heterocycles. The van der Waals surface area contributed by atoms with Crippen LogP contribution in [-0.2, 0) is 24.0 Å². The molecule has 0 aromatic heterocycles. The normalized spacial score (nSPS) is 13.1. The van der Waals surface area contributed by atoms with Crippen LogP contribution in [0.5, 0.6) is 0 Å². The van der Waals surface area contributed by atoms with Gasteiger partial charge in [-0.15, -0.1) is 0 Å². The van der Waals surface area contributed by atoms with Gasteiger partial charge in [0.25, 0.3) is 0 Å². The summed E-state index contributed by atoms with van der Waals surface area (Å²) in [5, 5.41) is 8.75. The second-order valence-electron chi connectivity index (χ2n) is 15.7. The standard InChI is InChI=1S/C45H86N8O5/c1-3-5-7-9-10-11-12-13-14-15-16-17-18-19-21-26-43(56)51-34-24-36-53(35-23-22-33-50-42(55)25-20-8-6-4-2)45(58)38(27-28-41(54)39(48)29-31-46)37-52-44(57)40(49)30-32-47/h6,8,13-14,38-40H,3-5,7,9-12,15-37,46-49H2,1-2H3,(H,50,55)(H,51,56)(H,52,57)/b8-6-,14-13-/t38?,39-,40-/m0/s1. The van der Waals surface area contributed by atoms with E-state index >= 15 is 0 Å². The zero-order chi connectivity index (χ0) is 43.1. The number of ketones is 1. The second-order valence-corrected chi connectivity index (χ2v) is 15.7. The lowest BCUT2D eigenvalue weighted by molar-refractivity contribution is -0.136. The lowest BCUT2D eigenvalue weighted by Crippen LogP contribution is -2.47. The van der Waals surface area contributed by atoms with Crippen molar-refractivity contribution in [2.45, 2.75) is 180 Å². The molecule has 13 heteroatoms. The Hall–Kier alpha value is -3.13. The maximum atomic E-state index is 14.1. The third-order valence-electron chi connectivity index (χ3n) is 10.3. The van der Waals surface area contributed by atoms with E-state index in [2.05, 4.69) is 41.9 Å². The van der Waals surface area contributed by atoms with Crippen molar-refractivity contribution < 1.29 is 24.0 Å². The molecule has 0 fully saturated rings. The monoisotopic (exact) mass is 819 g/mol. The Kier molecular flexibility index (Phi) is 37.2. The molecule has 0 bridgehead atoms. The molecule has 0 aliphatic rings. The summed E-state index contributed by atoms with van der Waals surface area (Å²) in [6.07, 6.45) is 29.7. The van der Waals surface area contributed by atoms with Gasteiger partial charge in [-0.3, -0.25) is 24.0 Å². The van der Waals surface area contributed by atoms with Crippen molar-refractivity contribution in [3.8, 4) is 0 Å². The van der Waals surface area contributed by atoms with Gasteiger partial charge in [0.1, 0.15) is 5.78 Å². The van der Waals surface area contributed by atoms with Crippen LogP contribution in [0.25, 0.3) is 0 Å². The molecule has 11 N–H and O–H groups in total. The Bertz CT molecular complexity index is 1110. The fourth-order valence-electron chi connectivity index (χ4n) is 6.60. The first-order valence-electron chi connectivity index (χ1n) is 22.9. The smallest absolute Gasteiger partial charge is 0.236 e. The van der Waals surface area contributed by atoms with E-state index in [9.17, 15) is 24.0 Å². The molecular weight excluding hydrogens is 733 g/mol. The van der Waals surface area contributed by atoms with Crippen LogP contribution >= 0.6 is 0 Å². The Balaban J connectivity index is 5.07. The number of allylic oxidation sites excluding steroid dienone is 4. The molecule has 336 valence electrons. The third kappa shape index (κ3) is 31.8. The first-order valence-corrected chi connectivity index (χ1v) is 22.9. The van der Waals surface area contributed by atoms with Crippen LogP contribution in [0.15, 0.2) is 24.3 Å². The molecule has 58 heavy (non-hydrogen) atoms. The molecule has 0 aromatic rings. The average molecular weight is 819 g/mol. The van der Waals surface area contributed by atoms with Crippen molar-refractivity contribution in [1.82, 2.24) is 20.9 Å². The predicted octanol–water partition coefficient (Wildman–Crippen LogP) is 5.44. The minimum absolute atomic E-state index is 0.00708. The van der Waals surface area contributed by atoms with Crippen molar-refractivity contribution in [2.75, 3.05) is 45.8 Å². The quantitative estimate of drug-likeness (QED) is 0.0308. The number of carbonyl (C=O) groups is 5. The second kappa shape index (κ2) is 39.3. The maximum absolute atomic E-state index is 14.1. The Labute approximate surface area is 352 Å². The molecule has 0 saturated carbocycles. The zero-order valence-corrected chi connectivity index (χ0v) is 36.8. The highest BCUT2D eigenvalue weighted by Gasteiger charge is 2.27. The number of nitrogens with one attached hydrogen (secondary N) is 3. The van der Waals surface area contributed by atoms with Gasteiger partial charge in [-0.25, -0.2) is 0 Å². The molecule has 0 aliphatic carbocycles. The number of rotatable bonds is 40. The fourth-order valence-corrected chi connectivity index (χ4v) is 6.60. The lowest BCUT2D eigenvalue weighted by atomic mass is 9.96. The Morgan fingerprint density at radius 1 is 0.552 bits per heavy atom. The minimum atomic E-state index is -0.801. The highest BCUT2D eigenvalue weighted by Crippen LogP contribution is 2.15. The number of nitrogens with two attached hydrogens (primary N) is 4. The van der Waals surface area contributed by atoms with Gasteiger partial charge in [-0.2, -0.15) is 0 Å². The average Bonchev–Trinajstić information content (AvgIpc) is 3.21. The molecule has 0 aromatic carbocycles. The lowest BCUT2D eigenvalue weighted by Gasteiger charge is -2.28. The number of carbonyl (C=O) groups excluding carboxylic acids is 5. The first-order chi connectivity index (χ1) is 28.1. The van der Waals surface area contributed by atoms with Crippen LogP contribution in [0, 0.1) is 5.92 Å². The van der Waals surface area contributed by atoms with Crippen LogP contribution in [0.1, 0.15) is 168 Å². The van der Waals surface area contributed by atoms with Crippen molar-refractivity contribution in [3.05, 3.63) is 24.3 Å². The number of amides is 4. The topological polar surface area (TPSA) is 229 Å². The van der Waals surface area contributed by atoms with Crippen LogP contribution < -0.4 is 38.9 Å². The van der Waals surface area contributed by atoms with Crippen molar-refractivity contribution >= 4 is 29.4 Å². The van der Waals surface area contributed by atoms with E-state index in [-0.39, 0.29) is 56.0 Å². The van der Waals surface area contributed by atoms with Gasteiger partial charge in [0, 0.05) is 52.0 Å². The summed E-state index contributed by atoms with van der Waals surface area (Å²) in [5.74, 6) is -1.47. The third-order valence-corrected chi connectivity index (χ3v) is 10.3. The minimum Gasteiger partial charge on any atom is -0.356 e. The van der Waals surface area contributed by atoms with Crippen LogP contribution in [0.2, 0.25) is 0 Å². The molecule has 0 radical (unpaired) electrons. The summed E-state index contributed by atoms with van der Waals surface area (Å²) in [6.45, 7) is 6.59. The molecule has 13 nitrogen and oxygen atoms in total. The Morgan fingerprint density at radius 3 is 1.74 bits per heavy atom. The predicted molar refractivity (Wildman–Crippen MR) is 239 cm³/mol. The van der Waals surface area contributed by atoms with Gasteiger partial charge in [-0.05, 0) is 96.6 Å². The molecule has 4 amide bonds. The number of hydrogen-bond donors (Lipinski definition) is 7. The maximum Gasteiger partial charge on any atom is 0.236 e. The summed E-state index contributed by atoms with van der Waals surface area (Å²) in [6, 6.07) is -1.51. The van der Waals surface area contributed by atoms with Crippen molar-refractivity contribution in [1.29, 1.82) is 0 Å². The summed E-state index contributed by atoms with van der Waals surface area (Å²) >= 11 is 0. The molecule has 0 rings (SSSR count). The van der Waals surface area contributed by atoms with Crippen molar-refractivity contribution in [2.24, 2.45) is 28.9 Å². The number of nitrogens with zero attached hydrogens (tertiary/aromatic N) is 1. The first kappa shape index (κ1) is 54.9. The van der Waals surface area contributed by atoms with Gasteiger partial charge in [0.15, 0.2) is 0 Å². The van der Waals surface area contributed by atoms with E-state index < -0.39 is 23.9 Å². The summed E-state index contributed by atoms with van der Waals surface area (Å²) in [5.41, 5.74) is 23.1. The van der Waals surface area contributed by atoms with E-state index in [0.29, 0.717) is 77.5 Å². The molecule has 0 aliphatic heterocycles.